The molecule has 0 bridgehead atoms. The Bertz CT molecular complexity index is 217. The van der Waals surface area contributed by atoms with E-state index in [9.17, 15) is 4.79 Å². The van der Waals surface area contributed by atoms with E-state index in [0.29, 0.717) is 0 Å². The van der Waals surface area contributed by atoms with E-state index in [1.807, 2.05) is 27.7 Å². The van der Waals surface area contributed by atoms with Gasteiger partial charge in [0.05, 0.1) is 0 Å². The molecule has 1 aliphatic rings. The van der Waals surface area contributed by atoms with Gasteiger partial charge in [-0.1, -0.05) is 0 Å². The average Bonchev–Trinajstić information content (AvgIpc) is 2.02. The monoisotopic (exact) mass is 189 g/mol. The van der Waals surface area contributed by atoms with Gasteiger partial charge in [0.2, 0.25) is 6.08 Å². The fraction of sp³-hybridized carbons (Fsp3) is 0.857. The predicted molar refractivity (Wildman–Crippen MR) is 45.4 cm³/mol. The van der Waals surface area contributed by atoms with E-state index in [1.54, 1.807) is 0 Å². The second kappa shape index (κ2) is 2.90. The van der Waals surface area contributed by atoms with Crippen LogP contribution in [0.2, 0.25) is 0 Å². The first-order valence-corrected chi connectivity index (χ1v) is 4.78. The highest BCUT2D eigenvalue weighted by molar-refractivity contribution is 7.46. The molecule has 5 heteroatoms. The van der Waals surface area contributed by atoms with Crippen LogP contribution in [-0.4, -0.2) is 17.3 Å². The van der Waals surface area contributed by atoms with Crippen molar-refractivity contribution in [1.29, 1.82) is 0 Å². The molecule has 0 aromatic heterocycles. The SMILES string of the molecule is CC1(C)OP(N=C=O)OC1(C)C. The Labute approximate surface area is 72.9 Å². The van der Waals surface area contributed by atoms with Gasteiger partial charge in [-0.3, -0.25) is 0 Å². The van der Waals surface area contributed by atoms with Crippen LogP contribution < -0.4 is 0 Å². The molecule has 0 aromatic carbocycles. The lowest BCUT2D eigenvalue weighted by Crippen LogP contribution is -2.41. The van der Waals surface area contributed by atoms with Crippen LogP contribution in [-0.2, 0) is 13.8 Å². The van der Waals surface area contributed by atoms with Crippen LogP contribution in [0.15, 0.2) is 4.76 Å². The van der Waals surface area contributed by atoms with Gasteiger partial charge in [-0.25, -0.2) is 4.79 Å². The van der Waals surface area contributed by atoms with E-state index in [1.165, 1.54) is 6.08 Å². The minimum atomic E-state index is -1.42. The Morgan fingerprint density at radius 2 is 1.58 bits per heavy atom. The molecule has 1 aliphatic heterocycles. The van der Waals surface area contributed by atoms with Crippen molar-refractivity contribution in [1.82, 2.24) is 0 Å². The first-order valence-electron chi connectivity index (χ1n) is 3.65. The fourth-order valence-electron chi connectivity index (χ4n) is 0.703. The molecule has 0 aliphatic carbocycles. The van der Waals surface area contributed by atoms with Crippen molar-refractivity contribution in [2.45, 2.75) is 38.9 Å². The molecule has 0 unspecified atom stereocenters. The third kappa shape index (κ3) is 1.57. The summed E-state index contributed by atoms with van der Waals surface area (Å²) < 4.78 is 14.3. The van der Waals surface area contributed by atoms with Crippen molar-refractivity contribution in [2.75, 3.05) is 0 Å². The molecule has 68 valence electrons. The van der Waals surface area contributed by atoms with Gasteiger partial charge in [0.15, 0.2) is 0 Å². The lowest BCUT2D eigenvalue weighted by atomic mass is 9.90. The molecule has 0 radical (unpaired) electrons. The van der Waals surface area contributed by atoms with Gasteiger partial charge in [0.25, 0.3) is 0 Å². The summed E-state index contributed by atoms with van der Waals surface area (Å²) in [6.45, 7) is 7.65. The van der Waals surface area contributed by atoms with E-state index in [-0.39, 0.29) is 0 Å². The van der Waals surface area contributed by atoms with Gasteiger partial charge in [-0.2, -0.15) is 0 Å². The Hall–Kier alpha value is -0.270. The molecule has 1 heterocycles. The molecule has 0 atom stereocenters. The van der Waals surface area contributed by atoms with Crippen molar-refractivity contribution in [3.8, 4) is 0 Å². The summed E-state index contributed by atoms with van der Waals surface area (Å²) in [5, 5.41) is 0. The lowest BCUT2D eigenvalue weighted by Gasteiger charge is -2.29. The first-order chi connectivity index (χ1) is 5.39. The van der Waals surface area contributed by atoms with Crippen LogP contribution in [0.4, 0.5) is 0 Å². The second-order valence-electron chi connectivity index (χ2n) is 3.63. The quantitative estimate of drug-likeness (QED) is 0.360. The van der Waals surface area contributed by atoms with Crippen LogP contribution in [0.5, 0.6) is 0 Å². The van der Waals surface area contributed by atoms with Crippen molar-refractivity contribution >= 4 is 14.6 Å². The van der Waals surface area contributed by atoms with Gasteiger partial charge in [-0.15, -0.1) is 4.76 Å². The third-order valence-electron chi connectivity index (χ3n) is 2.19. The van der Waals surface area contributed by atoms with Gasteiger partial charge in [0.1, 0.15) is 11.2 Å². The molecule has 1 rings (SSSR count). The van der Waals surface area contributed by atoms with Crippen molar-refractivity contribution in [2.24, 2.45) is 4.76 Å². The molecule has 1 fully saturated rings. The summed E-state index contributed by atoms with van der Waals surface area (Å²) in [6, 6.07) is 0. The predicted octanol–water partition coefficient (Wildman–Crippen LogP) is 2.15. The van der Waals surface area contributed by atoms with Gasteiger partial charge in [-0.05, 0) is 27.7 Å². The molecule has 0 aromatic rings. The summed E-state index contributed by atoms with van der Waals surface area (Å²) >= 11 is 0. The molecule has 0 amide bonds. The number of hydrogen-bond acceptors (Lipinski definition) is 4. The maximum Gasteiger partial charge on any atom is 0.322 e. The van der Waals surface area contributed by atoms with Gasteiger partial charge < -0.3 is 9.05 Å². The maximum atomic E-state index is 9.95. The first kappa shape index (κ1) is 9.82. The topological polar surface area (TPSA) is 47.9 Å². The Kier molecular flexibility index (Phi) is 2.37. The number of hydrogen-bond donors (Lipinski definition) is 0. The highest BCUT2D eigenvalue weighted by Gasteiger charge is 2.50. The van der Waals surface area contributed by atoms with Crippen molar-refractivity contribution in [3.63, 3.8) is 0 Å². The number of nitrogens with zero attached hydrogens (tertiary/aromatic N) is 1. The number of rotatable bonds is 1. The number of isocyanates is 1. The van der Waals surface area contributed by atoms with E-state index >= 15 is 0 Å². The molecular weight excluding hydrogens is 177 g/mol. The Morgan fingerprint density at radius 1 is 1.17 bits per heavy atom. The Balaban J connectivity index is 2.80. The average molecular weight is 189 g/mol. The maximum absolute atomic E-state index is 9.95. The van der Waals surface area contributed by atoms with Crippen LogP contribution in [0.1, 0.15) is 27.7 Å². The largest absolute Gasteiger partial charge is 0.322 e. The highest BCUT2D eigenvalue weighted by atomic mass is 31.2. The molecule has 12 heavy (non-hydrogen) atoms. The zero-order valence-corrected chi connectivity index (χ0v) is 8.51. The smallest absolute Gasteiger partial charge is 0.307 e. The van der Waals surface area contributed by atoms with Crippen molar-refractivity contribution in [3.05, 3.63) is 0 Å². The minimum Gasteiger partial charge on any atom is -0.307 e. The summed E-state index contributed by atoms with van der Waals surface area (Å²) in [7, 11) is -1.42. The summed E-state index contributed by atoms with van der Waals surface area (Å²) in [5.74, 6) is 0. The number of carbonyl (C=O) groups excluding carboxylic acids is 1. The van der Waals surface area contributed by atoms with E-state index in [0.717, 1.165) is 0 Å². The van der Waals surface area contributed by atoms with Crippen LogP contribution >= 0.6 is 8.53 Å². The molecular formula is C7H12NO3P. The summed E-state index contributed by atoms with van der Waals surface area (Å²) in [6.07, 6.45) is 1.44. The summed E-state index contributed by atoms with van der Waals surface area (Å²) in [4.78, 5) is 9.95. The lowest BCUT2D eigenvalue weighted by molar-refractivity contribution is 0.00578. The zero-order valence-electron chi connectivity index (χ0n) is 7.62. The normalized spacial score (nSPS) is 26.7. The van der Waals surface area contributed by atoms with Gasteiger partial charge in [0, 0.05) is 0 Å². The van der Waals surface area contributed by atoms with Gasteiger partial charge >= 0.3 is 8.53 Å². The van der Waals surface area contributed by atoms with Crippen LogP contribution in [0, 0.1) is 0 Å². The fourth-order valence-corrected chi connectivity index (χ4v) is 2.11. The molecule has 0 spiro atoms. The van der Waals surface area contributed by atoms with E-state index in [4.69, 9.17) is 9.05 Å². The zero-order chi connectivity index (χ0) is 9.41. The van der Waals surface area contributed by atoms with E-state index < -0.39 is 19.7 Å². The van der Waals surface area contributed by atoms with Crippen LogP contribution in [0.3, 0.4) is 0 Å². The highest BCUT2D eigenvalue weighted by Crippen LogP contribution is 2.58. The summed E-state index contributed by atoms with van der Waals surface area (Å²) in [5.41, 5.74) is -0.807. The molecule has 4 nitrogen and oxygen atoms in total. The molecule has 1 saturated heterocycles. The van der Waals surface area contributed by atoms with Crippen molar-refractivity contribution < 1.29 is 13.8 Å². The van der Waals surface area contributed by atoms with E-state index in [2.05, 4.69) is 4.76 Å². The second-order valence-corrected chi connectivity index (χ2v) is 4.67. The molecule has 0 N–H and O–H groups in total. The van der Waals surface area contributed by atoms with Crippen LogP contribution in [0.25, 0.3) is 0 Å². The Morgan fingerprint density at radius 3 is 1.92 bits per heavy atom. The molecule has 0 saturated carbocycles. The standard InChI is InChI=1S/C7H12NO3P/c1-6(2)7(3,4)11-12(10-6)8-5-9/h1-4H3. The third-order valence-corrected chi connectivity index (χ3v) is 3.66. The minimum absolute atomic E-state index is 0.404.